The second kappa shape index (κ2) is 10.5. The molecule has 3 aliphatic rings. The number of rotatable bonds is 5. The van der Waals surface area contributed by atoms with Gasteiger partial charge in [0.1, 0.15) is 17.7 Å². The van der Waals surface area contributed by atoms with E-state index in [1.807, 2.05) is 31.1 Å². The van der Waals surface area contributed by atoms with Crippen molar-refractivity contribution >= 4 is 29.7 Å². The Morgan fingerprint density at radius 1 is 1.21 bits per heavy atom. The van der Waals surface area contributed by atoms with Gasteiger partial charge in [-0.25, -0.2) is 4.98 Å². The standard InChI is InChI=1S/C28H28N8O2/c1-34(2)16-6-9-25(37)35-17-5-7-22(35)26-23-19-30-15-18-36(23,29)27(33-26)20-10-12-21(13-11-20)28(38)32-24-8-3-4-14-31-24/h3-4,8,10-15,18-19,22H,5,7,16-17,29H2,1-2H3/p+1. The first-order valence-electron chi connectivity index (χ1n) is 12.4. The third kappa shape index (κ3) is 4.90. The number of nitrogens with zero attached hydrogens (tertiary/aromatic N) is 6. The highest BCUT2D eigenvalue weighted by Gasteiger charge is 2.48. The molecule has 3 aliphatic heterocycles. The summed E-state index contributed by atoms with van der Waals surface area (Å²) in [4.78, 5) is 42.7. The Morgan fingerprint density at radius 3 is 2.76 bits per heavy atom. The maximum atomic E-state index is 13.0. The van der Waals surface area contributed by atoms with Gasteiger partial charge in [0.05, 0.1) is 30.6 Å². The van der Waals surface area contributed by atoms with Crippen LogP contribution in [0.3, 0.4) is 0 Å². The lowest BCUT2D eigenvalue weighted by atomic mass is 10.1. The van der Waals surface area contributed by atoms with Gasteiger partial charge in [0.25, 0.3) is 17.6 Å². The zero-order valence-corrected chi connectivity index (χ0v) is 21.3. The highest BCUT2D eigenvalue weighted by molar-refractivity contribution is 6.05. The smallest absolute Gasteiger partial charge is 0.299 e. The number of amidine groups is 1. The number of fused-ring (bicyclic) bond motifs is 1. The number of carbonyl (C=O) groups excluding carboxylic acids is 2. The summed E-state index contributed by atoms with van der Waals surface area (Å²) >= 11 is 0. The second-order valence-electron chi connectivity index (χ2n) is 9.50. The lowest BCUT2D eigenvalue weighted by Gasteiger charge is -2.27. The van der Waals surface area contributed by atoms with Crippen molar-refractivity contribution in [2.24, 2.45) is 15.8 Å². The third-order valence-electron chi connectivity index (χ3n) is 6.55. The number of nitrogens with one attached hydrogen (secondary N) is 1. The molecule has 10 heteroatoms. The number of hydrogen-bond donors (Lipinski definition) is 2. The molecule has 5 rings (SSSR count). The van der Waals surface area contributed by atoms with Gasteiger partial charge in [-0.05, 0) is 69.3 Å². The zero-order valence-electron chi connectivity index (χ0n) is 21.3. The molecule has 2 atom stereocenters. The minimum atomic E-state index is -0.264. The van der Waals surface area contributed by atoms with E-state index in [2.05, 4.69) is 27.1 Å². The molecule has 0 spiro atoms. The summed E-state index contributed by atoms with van der Waals surface area (Å²) in [5, 5.41) is 2.78. The largest absolute Gasteiger partial charge is 0.323 e. The van der Waals surface area contributed by atoms with E-state index in [0.29, 0.717) is 41.7 Å². The van der Waals surface area contributed by atoms with E-state index in [1.54, 1.807) is 60.0 Å². The van der Waals surface area contributed by atoms with Crippen LogP contribution in [-0.4, -0.2) is 76.5 Å². The molecule has 0 aliphatic carbocycles. The van der Waals surface area contributed by atoms with Crippen LogP contribution >= 0.6 is 0 Å². The minimum Gasteiger partial charge on any atom is -0.323 e. The van der Waals surface area contributed by atoms with E-state index in [4.69, 9.17) is 10.8 Å². The molecule has 38 heavy (non-hydrogen) atoms. The van der Waals surface area contributed by atoms with E-state index < -0.39 is 0 Å². The predicted molar refractivity (Wildman–Crippen MR) is 145 cm³/mol. The van der Waals surface area contributed by atoms with E-state index in [0.717, 1.165) is 18.4 Å². The van der Waals surface area contributed by atoms with Gasteiger partial charge in [-0.1, -0.05) is 12.0 Å². The number of anilines is 1. The molecule has 192 valence electrons. The quantitative estimate of drug-likeness (QED) is 0.364. The van der Waals surface area contributed by atoms with Crippen molar-refractivity contribution in [1.29, 1.82) is 0 Å². The highest BCUT2D eigenvalue weighted by Crippen LogP contribution is 2.37. The summed E-state index contributed by atoms with van der Waals surface area (Å²) in [5.41, 5.74) is 2.67. The average molecular weight is 510 g/mol. The van der Waals surface area contributed by atoms with E-state index >= 15 is 0 Å². The van der Waals surface area contributed by atoms with Crippen molar-refractivity contribution in [2.45, 2.75) is 18.9 Å². The molecule has 0 radical (unpaired) electrons. The Kier molecular flexibility index (Phi) is 6.98. The summed E-state index contributed by atoms with van der Waals surface area (Å²) in [6.07, 6.45) is 8.35. The number of aliphatic imine (C=N–C) groups is 2. The molecule has 0 bridgehead atoms. The number of nitrogens with two attached hydrogens (primary N) is 1. The fraction of sp³-hybridized carbons (Fsp3) is 0.250. The van der Waals surface area contributed by atoms with Gasteiger partial charge in [-0.15, -0.1) is 4.59 Å². The first-order chi connectivity index (χ1) is 18.4. The molecule has 1 fully saturated rings. The number of quaternary nitrogens is 1. The molecule has 3 N–H and O–H groups in total. The molecule has 10 nitrogen and oxygen atoms in total. The molecule has 2 amide bonds. The van der Waals surface area contributed by atoms with Crippen LogP contribution in [0, 0.1) is 11.8 Å². The zero-order chi connectivity index (χ0) is 26.7. The first-order valence-corrected chi connectivity index (χ1v) is 12.4. The molecule has 2 aromatic rings. The summed E-state index contributed by atoms with van der Waals surface area (Å²) in [5.74, 6) is 13.2. The molecule has 1 saturated heterocycles. The molecular weight excluding hydrogens is 480 g/mol. The van der Waals surface area contributed by atoms with Gasteiger partial charge in [-0.2, -0.15) is 10.8 Å². The number of allylic oxidation sites excluding steroid dienone is 1. The Hall–Kier alpha value is -4.43. The Morgan fingerprint density at radius 2 is 2.03 bits per heavy atom. The summed E-state index contributed by atoms with van der Waals surface area (Å²) < 4.78 is -0.164. The SMILES string of the molecule is CN(C)CC#CC(=O)N1CCCC1C1=C2C=NC=C[N+]2(N)C(c2ccc(C(=O)Nc3ccccn3)cc2)=N1. The van der Waals surface area contributed by atoms with Crippen molar-refractivity contribution in [3.8, 4) is 11.8 Å². The van der Waals surface area contributed by atoms with E-state index in [1.165, 1.54) is 0 Å². The van der Waals surface area contributed by atoms with Gasteiger partial charge >= 0.3 is 0 Å². The number of benzene rings is 1. The van der Waals surface area contributed by atoms with Crippen molar-refractivity contribution < 1.29 is 14.2 Å². The predicted octanol–water partition coefficient (Wildman–Crippen LogP) is 2.11. The topological polar surface area (TPSA) is 116 Å². The number of likely N-dealkylation sites (tertiary alicyclic amines) is 1. The summed E-state index contributed by atoms with van der Waals surface area (Å²) in [6, 6.07) is 12.2. The highest BCUT2D eigenvalue weighted by atomic mass is 16.2. The maximum absolute atomic E-state index is 13.0. The molecule has 2 unspecified atom stereocenters. The fourth-order valence-corrected chi connectivity index (χ4v) is 4.69. The van der Waals surface area contributed by atoms with Crippen LogP contribution in [0.1, 0.15) is 28.8 Å². The van der Waals surface area contributed by atoms with Gasteiger partial charge in [-0.3, -0.25) is 19.5 Å². The van der Waals surface area contributed by atoms with Gasteiger partial charge < -0.3 is 10.2 Å². The first kappa shape index (κ1) is 25.2. The number of carbonyl (C=O) groups is 2. The van der Waals surface area contributed by atoms with Crippen LogP contribution < -0.4 is 11.2 Å². The monoisotopic (exact) mass is 509 g/mol. The van der Waals surface area contributed by atoms with Gasteiger partial charge in [0.15, 0.2) is 0 Å². The minimum absolute atomic E-state index is 0.164. The molecule has 1 aromatic heterocycles. The summed E-state index contributed by atoms with van der Waals surface area (Å²) in [7, 11) is 3.82. The maximum Gasteiger partial charge on any atom is 0.299 e. The number of aromatic nitrogens is 1. The van der Waals surface area contributed by atoms with Crippen molar-refractivity contribution in [1.82, 2.24) is 14.8 Å². The average Bonchev–Trinajstić information content (AvgIpc) is 3.51. The van der Waals surface area contributed by atoms with Crippen molar-refractivity contribution in [3.63, 3.8) is 0 Å². The number of pyridine rings is 1. The Labute approximate surface area is 221 Å². The fourth-order valence-electron chi connectivity index (χ4n) is 4.69. The number of hydrogen-bond acceptors (Lipinski definition) is 7. The van der Waals surface area contributed by atoms with Crippen molar-refractivity contribution in [3.05, 3.63) is 83.6 Å². The lowest BCUT2D eigenvalue weighted by molar-refractivity contribution is -0.750. The van der Waals surface area contributed by atoms with E-state index in [9.17, 15) is 9.59 Å². The molecule has 4 heterocycles. The van der Waals surface area contributed by atoms with Crippen LogP contribution in [0.15, 0.2) is 82.4 Å². The van der Waals surface area contributed by atoms with Crippen LogP contribution in [-0.2, 0) is 4.79 Å². The van der Waals surface area contributed by atoms with Crippen LogP contribution in [0.2, 0.25) is 0 Å². The Bertz CT molecular complexity index is 1430. The molecule has 0 saturated carbocycles. The van der Waals surface area contributed by atoms with Crippen LogP contribution in [0.25, 0.3) is 0 Å². The van der Waals surface area contributed by atoms with Crippen LogP contribution in [0.4, 0.5) is 5.82 Å². The van der Waals surface area contributed by atoms with Gasteiger partial charge in [0, 0.05) is 18.3 Å². The van der Waals surface area contributed by atoms with Crippen LogP contribution in [0.5, 0.6) is 0 Å². The molecule has 1 aromatic carbocycles. The Balaban J connectivity index is 1.42. The second-order valence-corrected chi connectivity index (χ2v) is 9.50. The number of amides is 2. The van der Waals surface area contributed by atoms with Crippen molar-refractivity contribution in [2.75, 3.05) is 32.5 Å². The normalized spacial score (nSPS) is 21.7. The van der Waals surface area contributed by atoms with Gasteiger partial charge in [0.2, 0.25) is 5.70 Å². The lowest BCUT2D eigenvalue weighted by Crippen LogP contribution is -2.53. The summed E-state index contributed by atoms with van der Waals surface area (Å²) in [6.45, 7) is 1.12. The third-order valence-corrected chi connectivity index (χ3v) is 6.55. The van der Waals surface area contributed by atoms with E-state index in [-0.39, 0.29) is 22.4 Å². The molecular formula is C28H29N8O2+.